The van der Waals surface area contributed by atoms with E-state index >= 15 is 0 Å². The highest BCUT2D eigenvalue weighted by Crippen LogP contribution is 2.31. The summed E-state index contributed by atoms with van der Waals surface area (Å²) in [4.78, 5) is 2.57. The van der Waals surface area contributed by atoms with Crippen molar-refractivity contribution in [2.45, 2.75) is 25.4 Å². The smallest absolute Gasteiger partial charge is 0.0430 e. The number of para-hydroxylation sites is 1. The van der Waals surface area contributed by atoms with Crippen molar-refractivity contribution < 1.29 is 0 Å². The second-order valence-electron chi connectivity index (χ2n) is 4.43. The number of nitrogens with zero attached hydrogens (tertiary/aromatic N) is 1. The van der Waals surface area contributed by atoms with Gasteiger partial charge in [-0.3, -0.25) is 0 Å². The maximum Gasteiger partial charge on any atom is 0.0430 e. The lowest BCUT2D eigenvalue weighted by molar-refractivity contribution is 0.579. The van der Waals surface area contributed by atoms with Crippen molar-refractivity contribution in [3.05, 3.63) is 29.8 Å². The molecule has 2 saturated heterocycles. The summed E-state index contributed by atoms with van der Waals surface area (Å²) < 4.78 is 0. The lowest BCUT2D eigenvalue weighted by Gasteiger charge is -2.30. The Labute approximate surface area is 84.9 Å². The summed E-state index contributed by atoms with van der Waals surface area (Å²) in [5.41, 5.74) is 2.83. The van der Waals surface area contributed by atoms with E-state index in [1.54, 1.807) is 0 Å². The van der Waals surface area contributed by atoms with Crippen molar-refractivity contribution in [3.63, 3.8) is 0 Å². The zero-order chi connectivity index (χ0) is 9.54. The molecule has 0 aromatic heterocycles. The van der Waals surface area contributed by atoms with Crippen LogP contribution in [-0.4, -0.2) is 25.2 Å². The summed E-state index contributed by atoms with van der Waals surface area (Å²) in [6.07, 6.45) is 1.33. The summed E-state index contributed by atoms with van der Waals surface area (Å²) in [7, 11) is 0. The van der Waals surface area contributed by atoms with Crippen LogP contribution < -0.4 is 10.2 Å². The molecule has 2 bridgehead atoms. The molecule has 2 atom stereocenters. The second kappa shape index (κ2) is 2.99. The fourth-order valence-corrected chi connectivity index (χ4v) is 2.74. The standard InChI is InChI=1S/C12H16N2/c1-9-4-2-3-5-12(9)14-8-10-6-11(14)7-13-10/h2-5,10-11,13H,6-8H2,1H3/t10-,11+/m0/s1. The van der Waals surface area contributed by atoms with E-state index in [1.165, 1.54) is 30.8 Å². The second-order valence-corrected chi connectivity index (χ2v) is 4.43. The predicted octanol–water partition coefficient (Wildman–Crippen LogP) is 1.55. The van der Waals surface area contributed by atoms with Crippen LogP contribution in [0.1, 0.15) is 12.0 Å². The fourth-order valence-electron chi connectivity index (χ4n) is 2.74. The van der Waals surface area contributed by atoms with Gasteiger partial charge in [-0.15, -0.1) is 0 Å². The molecule has 2 fully saturated rings. The summed E-state index contributed by atoms with van der Waals surface area (Å²) in [5, 5.41) is 3.53. The van der Waals surface area contributed by atoms with Crippen LogP contribution in [0.2, 0.25) is 0 Å². The van der Waals surface area contributed by atoms with Crippen molar-refractivity contribution in [2.75, 3.05) is 18.0 Å². The van der Waals surface area contributed by atoms with Crippen LogP contribution in [0, 0.1) is 6.92 Å². The lowest BCUT2D eigenvalue weighted by Crippen LogP contribution is -2.43. The van der Waals surface area contributed by atoms with Crippen LogP contribution in [0.5, 0.6) is 0 Å². The largest absolute Gasteiger partial charge is 0.365 e. The first-order valence-electron chi connectivity index (χ1n) is 5.40. The third kappa shape index (κ3) is 1.14. The molecule has 14 heavy (non-hydrogen) atoms. The summed E-state index contributed by atoms with van der Waals surface area (Å²) in [6.45, 7) is 4.56. The van der Waals surface area contributed by atoms with Gasteiger partial charge in [0.1, 0.15) is 0 Å². The Morgan fingerprint density at radius 2 is 2.21 bits per heavy atom. The van der Waals surface area contributed by atoms with Gasteiger partial charge in [0.2, 0.25) is 0 Å². The number of anilines is 1. The Bertz CT molecular complexity index is 348. The molecular formula is C12H16N2. The molecule has 0 aliphatic carbocycles. The topological polar surface area (TPSA) is 15.3 Å². The lowest BCUT2D eigenvalue weighted by atomic mass is 10.1. The van der Waals surface area contributed by atoms with Gasteiger partial charge >= 0.3 is 0 Å². The molecule has 2 aliphatic rings. The molecule has 0 unspecified atom stereocenters. The zero-order valence-electron chi connectivity index (χ0n) is 8.53. The van der Waals surface area contributed by atoms with Crippen molar-refractivity contribution in [1.29, 1.82) is 0 Å². The molecule has 2 heterocycles. The van der Waals surface area contributed by atoms with Crippen LogP contribution in [0.25, 0.3) is 0 Å². The number of nitrogens with one attached hydrogen (secondary N) is 1. The Hall–Kier alpha value is -1.02. The maximum atomic E-state index is 3.53. The molecule has 2 nitrogen and oxygen atoms in total. The zero-order valence-corrected chi connectivity index (χ0v) is 8.53. The highest BCUT2D eigenvalue weighted by molar-refractivity contribution is 5.55. The monoisotopic (exact) mass is 188 g/mol. The van der Waals surface area contributed by atoms with Crippen molar-refractivity contribution in [1.82, 2.24) is 5.32 Å². The van der Waals surface area contributed by atoms with E-state index in [0.717, 1.165) is 12.1 Å². The minimum Gasteiger partial charge on any atom is -0.365 e. The van der Waals surface area contributed by atoms with Gasteiger partial charge in [-0.1, -0.05) is 18.2 Å². The van der Waals surface area contributed by atoms with Crippen molar-refractivity contribution in [3.8, 4) is 0 Å². The molecule has 0 radical (unpaired) electrons. The van der Waals surface area contributed by atoms with Gasteiger partial charge in [0.25, 0.3) is 0 Å². The number of benzene rings is 1. The molecule has 0 saturated carbocycles. The highest BCUT2D eigenvalue weighted by Gasteiger charge is 2.37. The molecule has 1 aromatic rings. The van der Waals surface area contributed by atoms with Crippen molar-refractivity contribution >= 4 is 5.69 Å². The Balaban J connectivity index is 1.93. The Morgan fingerprint density at radius 1 is 1.36 bits per heavy atom. The maximum absolute atomic E-state index is 3.53. The molecule has 74 valence electrons. The predicted molar refractivity (Wildman–Crippen MR) is 58.7 cm³/mol. The van der Waals surface area contributed by atoms with Crippen LogP contribution in [0.15, 0.2) is 24.3 Å². The van der Waals surface area contributed by atoms with Crippen LogP contribution in [0.4, 0.5) is 5.69 Å². The number of hydrogen-bond acceptors (Lipinski definition) is 2. The third-order valence-electron chi connectivity index (χ3n) is 3.48. The normalized spacial score (nSPS) is 29.9. The van der Waals surface area contributed by atoms with Gasteiger partial charge in [0.15, 0.2) is 0 Å². The Kier molecular flexibility index (Phi) is 1.77. The van der Waals surface area contributed by atoms with Gasteiger partial charge in [0.05, 0.1) is 0 Å². The van der Waals surface area contributed by atoms with Gasteiger partial charge < -0.3 is 10.2 Å². The quantitative estimate of drug-likeness (QED) is 0.719. The van der Waals surface area contributed by atoms with Crippen molar-refractivity contribution in [2.24, 2.45) is 0 Å². The SMILES string of the molecule is Cc1ccccc1N1C[C@@H]2C[C@@H]1CN2. The minimum atomic E-state index is 0.736. The van der Waals surface area contributed by atoms with E-state index in [9.17, 15) is 0 Å². The fraction of sp³-hybridized carbons (Fsp3) is 0.500. The molecule has 1 aromatic carbocycles. The minimum absolute atomic E-state index is 0.736. The van der Waals surface area contributed by atoms with E-state index in [0.29, 0.717) is 0 Å². The number of fused-ring (bicyclic) bond motifs is 2. The van der Waals surface area contributed by atoms with E-state index in [1.807, 2.05) is 0 Å². The van der Waals surface area contributed by atoms with E-state index in [-0.39, 0.29) is 0 Å². The molecule has 2 aliphatic heterocycles. The molecule has 1 N–H and O–H groups in total. The molecule has 0 amide bonds. The van der Waals surface area contributed by atoms with Gasteiger partial charge in [-0.2, -0.15) is 0 Å². The number of aryl methyl sites for hydroxylation is 1. The van der Waals surface area contributed by atoms with E-state index in [2.05, 4.69) is 41.4 Å². The highest BCUT2D eigenvalue weighted by atomic mass is 15.3. The first kappa shape index (κ1) is 8.30. The molecule has 2 heteroatoms. The third-order valence-corrected chi connectivity index (χ3v) is 3.48. The summed E-state index contributed by atoms with van der Waals surface area (Å²) in [5.74, 6) is 0. The summed E-state index contributed by atoms with van der Waals surface area (Å²) >= 11 is 0. The van der Waals surface area contributed by atoms with Crippen LogP contribution >= 0.6 is 0 Å². The van der Waals surface area contributed by atoms with E-state index in [4.69, 9.17) is 0 Å². The first-order valence-corrected chi connectivity index (χ1v) is 5.40. The molecule has 3 rings (SSSR count). The van der Waals surface area contributed by atoms with Gasteiger partial charge in [0, 0.05) is 30.9 Å². The molecular weight excluding hydrogens is 172 g/mol. The molecule has 0 spiro atoms. The van der Waals surface area contributed by atoms with Crippen LogP contribution in [0.3, 0.4) is 0 Å². The number of hydrogen-bond donors (Lipinski definition) is 1. The average molecular weight is 188 g/mol. The van der Waals surface area contributed by atoms with Gasteiger partial charge in [-0.05, 0) is 25.0 Å². The average Bonchev–Trinajstić information content (AvgIpc) is 2.79. The van der Waals surface area contributed by atoms with Crippen LogP contribution in [-0.2, 0) is 0 Å². The Morgan fingerprint density at radius 3 is 2.86 bits per heavy atom. The van der Waals surface area contributed by atoms with E-state index < -0.39 is 0 Å². The number of piperazine rings is 1. The number of rotatable bonds is 1. The van der Waals surface area contributed by atoms with Gasteiger partial charge in [-0.25, -0.2) is 0 Å². The summed E-state index contributed by atoms with van der Waals surface area (Å²) in [6, 6.07) is 10.2. The first-order chi connectivity index (χ1) is 6.84.